The number of hydrogen-bond acceptors (Lipinski definition) is 5. The zero-order chi connectivity index (χ0) is 11.4. The Morgan fingerprint density at radius 2 is 2.12 bits per heavy atom. The van der Waals surface area contributed by atoms with Crippen LogP contribution in [-0.4, -0.2) is 15.0 Å². The fourth-order valence-corrected chi connectivity index (χ4v) is 1.99. The first kappa shape index (κ1) is 10.9. The molecule has 0 aromatic carbocycles. The number of aromatic nitrogens is 3. The molecule has 0 saturated heterocycles. The SMILES string of the molecule is Cc1ccnc(SCc2cccc(N)n2)n1. The third-order valence-corrected chi connectivity index (χ3v) is 2.85. The Morgan fingerprint density at radius 1 is 1.25 bits per heavy atom. The van der Waals surface area contributed by atoms with Gasteiger partial charge < -0.3 is 5.73 Å². The molecule has 2 heterocycles. The lowest BCUT2D eigenvalue weighted by atomic mass is 10.4. The maximum Gasteiger partial charge on any atom is 0.188 e. The number of nitrogens with two attached hydrogens (primary N) is 1. The van der Waals surface area contributed by atoms with Crippen LogP contribution < -0.4 is 5.73 Å². The number of hydrogen-bond donors (Lipinski definition) is 1. The standard InChI is InChI=1S/C11H12N4S/c1-8-5-6-13-11(14-8)16-7-9-3-2-4-10(12)15-9/h2-6H,7H2,1H3,(H2,12,15). The monoisotopic (exact) mass is 232 g/mol. The van der Waals surface area contributed by atoms with Crippen molar-refractivity contribution >= 4 is 17.6 Å². The summed E-state index contributed by atoms with van der Waals surface area (Å²) < 4.78 is 0. The van der Waals surface area contributed by atoms with E-state index in [9.17, 15) is 0 Å². The van der Waals surface area contributed by atoms with Gasteiger partial charge in [-0.3, -0.25) is 0 Å². The number of aryl methyl sites for hydroxylation is 1. The zero-order valence-corrected chi connectivity index (χ0v) is 9.74. The molecule has 0 fully saturated rings. The minimum absolute atomic E-state index is 0.545. The predicted octanol–water partition coefficient (Wildman–Crippen LogP) is 2.05. The highest BCUT2D eigenvalue weighted by atomic mass is 32.2. The molecule has 2 aromatic rings. The number of rotatable bonds is 3. The van der Waals surface area contributed by atoms with Crippen LogP contribution in [0.5, 0.6) is 0 Å². The highest BCUT2D eigenvalue weighted by Crippen LogP contribution is 2.18. The maximum atomic E-state index is 5.60. The number of anilines is 1. The first-order valence-corrected chi connectivity index (χ1v) is 5.86. The lowest BCUT2D eigenvalue weighted by molar-refractivity contribution is 0.930. The summed E-state index contributed by atoms with van der Waals surface area (Å²) in [4.78, 5) is 12.7. The van der Waals surface area contributed by atoms with Crippen LogP contribution in [0.4, 0.5) is 5.82 Å². The van der Waals surface area contributed by atoms with Gasteiger partial charge in [0.2, 0.25) is 0 Å². The van der Waals surface area contributed by atoms with Crippen LogP contribution in [0, 0.1) is 6.92 Å². The molecule has 0 bridgehead atoms. The Bertz CT molecular complexity index is 441. The van der Waals surface area contributed by atoms with Gasteiger partial charge in [-0.2, -0.15) is 0 Å². The second-order valence-corrected chi connectivity index (χ2v) is 4.27. The third kappa shape index (κ3) is 2.93. The molecule has 0 spiro atoms. The number of thioether (sulfide) groups is 1. The van der Waals surface area contributed by atoms with Gasteiger partial charge in [0.15, 0.2) is 5.16 Å². The van der Waals surface area contributed by atoms with Crippen molar-refractivity contribution < 1.29 is 0 Å². The summed E-state index contributed by atoms with van der Waals surface area (Å²) in [5.74, 6) is 1.28. The zero-order valence-electron chi connectivity index (χ0n) is 8.92. The molecule has 0 amide bonds. The fourth-order valence-electron chi connectivity index (χ4n) is 1.21. The van der Waals surface area contributed by atoms with Gasteiger partial charge in [0.1, 0.15) is 5.82 Å². The van der Waals surface area contributed by atoms with E-state index in [2.05, 4.69) is 15.0 Å². The van der Waals surface area contributed by atoms with Crippen LogP contribution in [0.2, 0.25) is 0 Å². The van der Waals surface area contributed by atoms with E-state index in [0.717, 1.165) is 22.3 Å². The van der Waals surface area contributed by atoms with Crippen LogP contribution in [-0.2, 0) is 5.75 Å². The Kier molecular flexibility index (Phi) is 3.36. The summed E-state index contributed by atoms with van der Waals surface area (Å²) in [6.45, 7) is 1.95. The molecule has 2 rings (SSSR count). The second-order valence-electron chi connectivity index (χ2n) is 3.32. The minimum Gasteiger partial charge on any atom is -0.384 e. The largest absolute Gasteiger partial charge is 0.384 e. The third-order valence-electron chi connectivity index (χ3n) is 1.95. The molecule has 0 unspecified atom stereocenters. The molecular formula is C11H12N4S. The predicted molar refractivity (Wildman–Crippen MR) is 65.0 cm³/mol. The molecule has 0 aliphatic rings. The number of nitrogens with zero attached hydrogens (tertiary/aromatic N) is 3. The molecule has 5 heteroatoms. The normalized spacial score (nSPS) is 10.3. The Morgan fingerprint density at radius 3 is 2.88 bits per heavy atom. The van der Waals surface area contributed by atoms with Gasteiger partial charge in [0.05, 0.1) is 5.69 Å². The second kappa shape index (κ2) is 4.94. The van der Waals surface area contributed by atoms with E-state index in [0.29, 0.717) is 5.82 Å². The highest BCUT2D eigenvalue weighted by Gasteiger charge is 2.00. The van der Waals surface area contributed by atoms with Gasteiger partial charge in [0.25, 0.3) is 0 Å². The molecular weight excluding hydrogens is 220 g/mol. The van der Waals surface area contributed by atoms with Crippen LogP contribution in [0.1, 0.15) is 11.4 Å². The first-order chi connectivity index (χ1) is 7.74. The van der Waals surface area contributed by atoms with Crippen LogP contribution >= 0.6 is 11.8 Å². The molecule has 0 radical (unpaired) electrons. The maximum absolute atomic E-state index is 5.60. The highest BCUT2D eigenvalue weighted by molar-refractivity contribution is 7.98. The summed E-state index contributed by atoms with van der Waals surface area (Å²) in [5.41, 5.74) is 7.51. The van der Waals surface area contributed by atoms with Crippen molar-refractivity contribution in [3.8, 4) is 0 Å². The molecule has 0 saturated carbocycles. The van der Waals surface area contributed by atoms with Crippen molar-refractivity contribution in [3.05, 3.63) is 41.9 Å². The van der Waals surface area contributed by atoms with Crippen LogP contribution in [0.25, 0.3) is 0 Å². The van der Waals surface area contributed by atoms with Gasteiger partial charge in [-0.1, -0.05) is 17.8 Å². The summed E-state index contributed by atoms with van der Waals surface area (Å²) in [6, 6.07) is 7.49. The van der Waals surface area contributed by atoms with Crippen molar-refractivity contribution in [2.24, 2.45) is 0 Å². The minimum atomic E-state index is 0.545. The molecule has 0 aliphatic carbocycles. The molecule has 0 aliphatic heterocycles. The summed E-state index contributed by atoms with van der Waals surface area (Å²) in [6.07, 6.45) is 1.76. The summed E-state index contributed by atoms with van der Waals surface area (Å²) >= 11 is 1.56. The quantitative estimate of drug-likeness (QED) is 0.648. The fraction of sp³-hybridized carbons (Fsp3) is 0.182. The van der Waals surface area contributed by atoms with Crippen molar-refractivity contribution in [3.63, 3.8) is 0 Å². The molecule has 2 aromatic heterocycles. The van der Waals surface area contributed by atoms with Crippen molar-refractivity contribution in [1.82, 2.24) is 15.0 Å². The molecule has 2 N–H and O–H groups in total. The van der Waals surface area contributed by atoms with E-state index in [1.807, 2.05) is 25.1 Å². The first-order valence-electron chi connectivity index (χ1n) is 4.88. The lowest BCUT2D eigenvalue weighted by Crippen LogP contribution is -1.94. The van der Waals surface area contributed by atoms with Gasteiger partial charge >= 0.3 is 0 Å². The average Bonchev–Trinajstić information content (AvgIpc) is 2.27. The van der Waals surface area contributed by atoms with Gasteiger partial charge in [-0.05, 0) is 25.1 Å². The van der Waals surface area contributed by atoms with E-state index in [1.54, 1.807) is 24.0 Å². The molecule has 16 heavy (non-hydrogen) atoms. The number of nitrogen functional groups attached to an aromatic ring is 1. The molecule has 0 atom stereocenters. The van der Waals surface area contributed by atoms with E-state index in [1.165, 1.54) is 0 Å². The van der Waals surface area contributed by atoms with Crippen LogP contribution in [0.3, 0.4) is 0 Å². The molecule has 4 nitrogen and oxygen atoms in total. The van der Waals surface area contributed by atoms with E-state index in [-0.39, 0.29) is 0 Å². The Balaban J connectivity index is 2.02. The van der Waals surface area contributed by atoms with Crippen molar-refractivity contribution in [2.45, 2.75) is 17.8 Å². The summed E-state index contributed by atoms with van der Waals surface area (Å²) in [5, 5.41) is 0.768. The Hall–Kier alpha value is -1.62. The Labute approximate surface area is 98.3 Å². The van der Waals surface area contributed by atoms with E-state index >= 15 is 0 Å². The topological polar surface area (TPSA) is 64.7 Å². The lowest BCUT2D eigenvalue weighted by Gasteiger charge is -2.01. The van der Waals surface area contributed by atoms with E-state index in [4.69, 9.17) is 5.73 Å². The van der Waals surface area contributed by atoms with Gasteiger partial charge in [-0.25, -0.2) is 15.0 Å². The summed E-state index contributed by atoms with van der Waals surface area (Å²) in [7, 11) is 0. The van der Waals surface area contributed by atoms with Crippen molar-refractivity contribution in [2.75, 3.05) is 5.73 Å². The molecule has 82 valence electrons. The van der Waals surface area contributed by atoms with Crippen LogP contribution in [0.15, 0.2) is 35.6 Å². The number of pyridine rings is 1. The van der Waals surface area contributed by atoms with Gasteiger partial charge in [0, 0.05) is 17.6 Å². The smallest absolute Gasteiger partial charge is 0.188 e. The van der Waals surface area contributed by atoms with E-state index < -0.39 is 0 Å². The van der Waals surface area contributed by atoms with Gasteiger partial charge in [-0.15, -0.1) is 0 Å². The van der Waals surface area contributed by atoms with Crippen molar-refractivity contribution in [1.29, 1.82) is 0 Å². The average molecular weight is 232 g/mol.